The van der Waals surface area contributed by atoms with Crippen LogP contribution in [0.2, 0.25) is 0 Å². The fraction of sp³-hybridized carbons (Fsp3) is 0.600. The predicted molar refractivity (Wildman–Crippen MR) is 121 cm³/mol. The number of halogens is 3. The standard InChI is InChI=1S/C25H39Si.3ClH.Ti/c1-10-11-12-13-21-14-22(15-23(21)25(7,8)9)26-24-19(5)17(3)16(2)18(4)20(24)6;;;;/h10-14,26H2,1-9H3;3*1H;/q;;;;+3/p-3. The van der Waals surface area contributed by atoms with Crippen molar-refractivity contribution in [3.63, 3.8) is 0 Å². The third kappa shape index (κ3) is 7.00. The molecule has 0 unspecified atom stereocenters. The molecular formula is C25H39Cl3SiTi. The Kier molecular flexibility index (Phi) is 14.5. The molecule has 2 rings (SSSR count). The molecular weight excluding hydrogens is 483 g/mol. The Balaban J connectivity index is 0. The molecule has 0 spiro atoms. The fourth-order valence-electron chi connectivity index (χ4n) is 4.70. The van der Waals surface area contributed by atoms with Crippen LogP contribution in [0.3, 0.4) is 0 Å². The third-order valence-electron chi connectivity index (χ3n) is 6.76. The molecule has 0 fully saturated rings. The summed E-state index contributed by atoms with van der Waals surface area (Å²) in [4.78, 5) is 0. The molecule has 0 N–H and O–H groups in total. The maximum atomic E-state index is 2.42. The first-order valence-electron chi connectivity index (χ1n) is 10.7. The second-order valence-electron chi connectivity index (χ2n) is 9.62. The average molecular weight is 522 g/mol. The van der Waals surface area contributed by atoms with Gasteiger partial charge in [0.05, 0.1) is 0 Å². The van der Waals surface area contributed by atoms with Crippen LogP contribution in [0.5, 0.6) is 0 Å². The topological polar surface area (TPSA) is 0 Å². The summed E-state index contributed by atoms with van der Waals surface area (Å²) in [5.41, 5.74) is 11.4. The van der Waals surface area contributed by atoms with E-state index in [-0.39, 0.29) is 42.6 Å². The number of rotatable bonds is 6. The normalized spacial score (nSPS) is 14.2. The molecule has 0 nitrogen and oxygen atoms in total. The van der Waals surface area contributed by atoms with E-state index in [9.17, 15) is 0 Å². The number of hydrogen-bond donors (Lipinski definition) is 0. The van der Waals surface area contributed by atoms with Crippen molar-refractivity contribution >= 4 is 14.7 Å². The van der Waals surface area contributed by atoms with E-state index in [2.05, 4.69) is 82.7 Å². The van der Waals surface area contributed by atoms with E-state index in [1.165, 1.54) is 48.8 Å². The maximum absolute atomic E-state index is 2.42. The van der Waals surface area contributed by atoms with Gasteiger partial charge in [0.25, 0.3) is 0 Å². The van der Waals surface area contributed by atoms with Gasteiger partial charge in [0, 0.05) is 0 Å². The average Bonchev–Trinajstić information content (AvgIpc) is 2.91. The van der Waals surface area contributed by atoms with Crippen molar-refractivity contribution in [3.05, 3.63) is 48.0 Å². The van der Waals surface area contributed by atoms with Gasteiger partial charge in [-0.25, -0.2) is 0 Å². The van der Waals surface area contributed by atoms with E-state index in [4.69, 9.17) is 0 Å². The molecule has 0 bridgehead atoms. The van der Waals surface area contributed by atoms with Gasteiger partial charge in [-0.2, -0.15) is 0 Å². The molecule has 0 saturated heterocycles. The minimum Gasteiger partial charge on any atom is -1.00 e. The Hall–Kier alpha value is 0.501. The van der Waals surface area contributed by atoms with Crippen LogP contribution in [-0.2, 0) is 20.4 Å². The number of benzene rings is 1. The van der Waals surface area contributed by atoms with Crippen LogP contribution < -0.4 is 42.4 Å². The van der Waals surface area contributed by atoms with Crippen molar-refractivity contribution in [2.24, 2.45) is 5.41 Å². The number of unbranched alkanes of at least 4 members (excludes halogenated alkanes) is 2. The second kappa shape index (κ2) is 13.3. The Morgan fingerprint density at radius 2 is 1.27 bits per heavy atom. The molecule has 30 heavy (non-hydrogen) atoms. The summed E-state index contributed by atoms with van der Waals surface area (Å²) in [6, 6.07) is 0. The van der Waals surface area contributed by atoms with Gasteiger partial charge in [0.2, 0.25) is 0 Å². The van der Waals surface area contributed by atoms with Gasteiger partial charge in [-0.3, -0.25) is 0 Å². The Morgan fingerprint density at radius 3 is 1.70 bits per heavy atom. The van der Waals surface area contributed by atoms with Crippen LogP contribution in [0, 0.1) is 40.0 Å². The third-order valence-corrected chi connectivity index (χ3v) is 10.7. The van der Waals surface area contributed by atoms with Gasteiger partial charge >= 0.3 is 183 Å². The van der Waals surface area contributed by atoms with E-state index in [0.717, 1.165) is 0 Å². The largest absolute Gasteiger partial charge is 1.00 e. The monoisotopic (exact) mass is 520 g/mol. The molecule has 168 valence electrons. The molecule has 1 aromatic rings. The van der Waals surface area contributed by atoms with Gasteiger partial charge in [0.1, 0.15) is 0 Å². The van der Waals surface area contributed by atoms with Crippen molar-refractivity contribution in [2.45, 2.75) is 94.4 Å². The minimum atomic E-state index is -0.411. The molecule has 0 saturated carbocycles. The Labute approximate surface area is 219 Å². The van der Waals surface area contributed by atoms with Gasteiger partial charge in [-0.15, -0.1) is 0 Å². The second-order valence-corrected chi connectivity index (χ2v) is 12.3. The summed E-state index contributed by atoms with van der Waals surface area (Å²) < 4.78 is 1.65. The summed E-state index contributed by atoms with van der Waals surface area (Å²) in [5.74, 6) is 0. The van der Waals surface area contributed by atoms with Gasteiger partial charge in [-0.05, 0) is 0 Å². The zero-order chi connectivity index (χ0) is 20.5. The summed E-state index contributed by atoms with van der Waals surface area (Å²) in [7, 11) is -0.411. The summed E-state index contributed by atoms with van der Waals surface area (Å²) in [6.07, 6.45) is 6.60. The summed E-state index contributed by atoms with van der Waals surface area (Å²) >= 11 is 2.42. The molecule has 0 radical (unpaired) electrons. The summed E-state index contributed by atoms with van der Waals surface area (Å²) in [5, 5.41) is 3.52. The van der Waals surface area contributed by atoms with Crippen LogP contribution in [0.4, 0.5) is 0 Å². The fourth-order valence-corrected chi connectivity index (χ4v) is 8.38. The minimum absolute atomic E-state index is 0. The van der Waals surface area contributed by atoms with Crippen LogP contribution in [0.25, 0.3) is 0 Å². The molecule has 1 aliphatic rings. The van der Waals surface area contributed by atoms with E-state index in [1.807, 2.05) is 0 Å². The van der Waals surface area contributed by atoms with E-state index in [0.29, 0.717) is 0 Å². The van der Waals surface area contributed by atoms with Crippen LogP contribution in [0.15, 0.2) is 20.2 Å². The zero-order valence-corrected chi connectivity index (χ0v) is 25.6. The maximum Gasteiger partial charge on any atom is -1.00 e. The molecule has 1 aliphatic carbocycles. The zero-order valence-electron chi connectivity index (χ0n) is 20.4. The van der Waals surface area contributed by atoms with Crippen molar-refractivity contribution in [2.75, 3.05) is 0 Å². The molecule has 0 aromatic heterocycles. The van der Waals surface area contributed by atoms with Crippen LogP contribution in [-0.4, -0.2) is 9.52 Å². The molecule has 0 atom stereocenters. The Morgan fingerprint density at radius 1 is 0.800 bits per heavy atom. The first-order valence-corrected chi connectivity index (χ1v) is 12.9. The van der Waals surface area contributed by atoms with E-state index < -0.39 is 9.52 Å². The van der Waals surface area contributed by atoms with E-state index in [1.54, 1.807) is 36.5 Å². The molecule has 5 heteroatoms. The summed E-state index contributed by atoms with van der Waals surface area (Å²) in [6.45, 7) is 21.2. The molecule has 0 aliphatic heterocycles. The van der Waals surface area contributed by atoms with Crippen molar-refractivity contribution in [3.8, 4) is 0 Å². The van der Waals surface area contributed by atoms with Crippen molar-refractivity contribution < 1.29 is 57.7 Å². The number of hydrogen-bond acceptors (Lipinski definition) is 0. The Bertz CT molecular complexity index is 773. The van der Waals surface area contributed by atoms with Gasteiger partial charge < -0.3 is 37.2 Å². The molecule has 0 heterocycles. The predicted octanol–water partition coefficient (Wildman–Crippen LogP) is -2.88. The first kappa shape index (κ1) is 32.7. The molecule has 1 aromatic carbocycles. The quantitative estimate of drug-likeness (QED) is 0.279. The first-order chi connectivity index (χ1) is 12.5. The van der Waals surface area contributed by atoms with Gasteiger partial charge in [0.15, 0.2) is 0 Å². The smallest absolute Gasteiger partial charge is 1.00 e. The van der Waals surface area contributed by atoms with Crippen molar-refractivity contribution in [1.82, 2.24) is 0 Å². The van der Waals surface area contributed by atoms with Crippen LogP contribution in [0.1, 0.15) is 87.6 Å². The molecule has 0 amide bonds. The van der Waals surface area contributed by atoms with E-state index >= 15 is 0 Å². The van der Waals surface area contributed by atoms with Crippen molar-refractivity contribution in [1.29, 1.82) is 0 Å². The van der Waals surface area contributed by atoms with Gasteiger partial charge in [-0.1, -0.05) is 0 Å². The van der Waals surface area contributed by atoms with Crippen LogP contribution >= 0.6 is 0 Å². The SMILES string of the molecule is CCCCCC1=C(C(C)(C)C)[C]([Ti+3])=C([SiH2]c2c(C)c(C)c(C)c(C)c2C)C1.[Cl-].[Cl-].[Cl-]. The number of allylic oxidation sites excluding steroid dienone is 4.